The van der Waals surface area contributed by atoms with Crippen LogP contribution < -0.4 is 0 Å². The van der Waals surface area contributed by atoms with E-state index in [1.165, 1.54) is 19.4 Å². The van der Waals surface area contributed by atoms with E-state index < -0.39 is 0 Å². The smallest absolute Gasteiger partial charge is 0.0786 e. The SMILES string of the molecule is CC1(O)CCN2CCCC21. The molecule has 0 aromatic carbocycles. The van der Waals surface area contributed by atoms with Gasteiger partial charge in [0.05, 0.1) is 5.60 Å². The molecular formula is C8H15NO. The molecule has 2 nitrogen and oxygen atoms in total. The average Bonchev–Trinajstić information content (AvgIpc) is 2.36. The molecule has 0 radical (unpaired) electrons. The van der Waals surface area contributed by atoms with E-state index in [-0.39, 0.29) is 5.60 Å². The predicted molar refractivity (Wildman–Crippen MR) is 39.8 cm³/mol. The Morgan fingerprint density at radius 1 is 1.50 bits per heavy atom. The Hall–Kier alpha value is -0.0800. The Morgan fingerprint density at radius 2 is 2.30 bits per heavy atom. The van der Waals surface area contributed by atoms with Crippen LogP contribution in [0.5, 0.6) is 0 Å². The van der Waals surface area contributed by atoms with Crippen molar-refractivity contribution >= 4 is 0 Å². The van der Waals surface area contributed by atoms with Gasteiger partial charge in [0.15, 0.2) is 0 Å². The van der Waals surface area contributed by atoms with E-state index in [0.29, 0.717) is 6.04 Å². The molecule has 0 aromatic rings. The third-order valence-corrected chi connectivity index (χ3v) is 2.99. The third-order valence-electron chi connectivity index (χ3n) is 2.99. The van der Waals surface area contributed by atoms with Gasteiger partial charge in [-0.3, -0.25) is 4.90 Å². The second-order valence-electron chi connectivity index (χ2n) is 3.80. The summed E-state index contributed by atoms with van der Waals surface area (Å²) in [6.07, 6.45) is 3.45. The summed E-state index contributed by atoms with van der Waals surface area (Å²) in [5.74, 6) is 0. The lowest BCUT2D eigenvalue weighted by atomic mass is 9.95. The van der Waals surface area contributed by atoms with Gasteiger partial charge in [0, 0.05) is 12.6 Å². The van der Waals surface area contributed by atoms with E-state index in [1.807, 2.05) is 6.92 Å². The molecule has 0 bridgehead atoms. The highest BCUT2D eigenvalue weighted by molar-refractivity contribution is 4.99. The summed E-state index contributed by atoms with van der Waals surface area (Å²) in [6.45, 7) is 4.29. The van der Waals surface area contributed by atoms with Crippen molar-refractivity contribution in [3.05, 3.63) is 0 Å². The van der Waals surface area contributed by atoms with Gasteiger partial charge in [-0.05, 0) is 32.7 Å². The minimum absolute atomic E-state index is 0.378. The van der Waals surface area contributed by atoms with Gasteiger partial charge >= 0.3 is 0 Å². The van der Waals surface area contributed by atoms with Crippen molar-refractivity contribution < 1.29 is 5.11 Å². The second-order valence-corrected chi connectivity index (χ2v) is 3.80. The summed E-state index contributed by atoms with van der Waals surface area (Å²) < 4.78 is 0. The van der Waals surface area contributed by atoms with Crippen LogP contribution in [0.2, 0.25) is 0 Å². The molecule has 2 rings (SSSR count). The lowest BCUT2D eigenvalue weighted by Crippen LogP contribution is -2.38. The Bertz CT molecular complexity index is 144. The van der Waals surface area contributed by atoms with Crippen LogP contribution in [-0.2, 0) is 0 Å². The van der Waals surface area contributed by atoms with E-state index in [4.69, 9.17) is 0 Å². The lowest BCUT2D eigenvalue weighted by molar-refractivity contribution is 0.0320. The summed E-state index contributed by atoms with van der Waals surface area (Å²) in [7, 11) is 0. The van der Waals surface area contributed by atoms with E-state index in [9.17, 15) is 5.11 Å². The van der Waals surface area contributed by atoms with Crippen LogP contribution in [0.25, 0.3) is 0 Å². The van der Waals surface area contributed by atoms with Crippen LogP contribution >= 0.6 is 0 Å². The summed E-state index contributed by atoms with van der Waals surface area (Å²) in [5.41, 5.74) is -0.378. The van der Waals surface area contributed by atoms with E-state index in [1.54, 1.807) is 0 Å². The summed E-state index contributed by atoms with van der Waals surface area (Å²) in [4.78, 5) is 2.42. The zero-order chi connectivity index (χ0) is 7.19. The molecule has 58 valence electrons. The summed E-state index contributed by atoms with van der Waals surface area (Å²) >= 11 is 0. The fraction of sp³-hybridized carbons (Fsp3) is 1.00. The first-order chi connectivity index (χ1) is 4.70. The molecule has 2 heteroatoms. The average molecular weight is 141 g/mol. The van der Waals surface area contributed by atoms with Gasteiger partial charge in [-0.2, -0.15) is 0 Å². The molecule has 2 atom stereocenters. The highest BCUT2D eigenvalue weighted by Gasteiger charge is 2.44. The normalized spacial score (nSPS) is 48.0. The highest BCUT2D eigenvalue weighted by atomic mass is 16.3. The van der Waals surface area contributed by atoms with Gasteiger partial charge in [-0.15, -0.1) is 0 Å². The molecule has 2 aliphatic heterocycles. The van der Waals surface area contributed by atoms with Gasteiger partial charge in [0.2, 0.25) is 0 Å². The van der Waals surface area contributed by atoms with Crippen molar-refractivity contribution in [2.24, 2.45) is 0 Å². The molecule has 0 aliphatic carbocycles. The topological polar surface area (TPSA) is 23.5 Å². The standard InChI is InChI=1S/C8H15NO/c1-8(10)4-6-9-5-2-3-7(8)9/h7,10H,2-6H2,1H3. The van der Waals surface area contributed by atoms with Crippen molar-refractivity contribution in [3.63, 3.8) is 0 Å². The number of aliphatic hydroxyl groups is 1. The largest absolute Gasteiger partial charge is 0.388 e. The number of hydrogen-bond acceptors (Lipinski definition) is 2. The maximum atomic E-state index is 9.82. The number of hydrogen-bond donors (Lipinski definition) is 1. The zero-order valence-electron chi connectivity index (χ0n) is 6.51. The molecule has 0 saturated carbocycles. The van der Waals surface area contributed by atoms with E-state index >= 15 is 0 Å². The van der Waals surface area contributed by atoms with Crippen LogP contribution in [0.4, 0.5) is 0 Å². The molecule has 2 unspecified atom stereocenters. The van der Waals surface area contributed by atoms with E-state index in [2.05, 4.69) is 4.90 Å². The van der Waals surface area contributed by atoms with Crippen LogP contribution in [0.1, 0.15) is 26.2 Å². The maximum absolute atomic E-state index is 9.82. The summed E-state index contributed by atoms with van der Waals surface area (Å²) in [5, 5.41) is 9.82. The molecule has 2 aliphatic rings. The van der Waals surface area contributed by atoms with Gasteiger partial charge in [0.1, 0.15) is 0 Å². The van der Waals surface area contributed by atoms with Crippen molar-refractivity contribution in [1.29, 1.82) is 0 Å². The Kier molecular flexibility index (Phi) is 1.29. The zero-order valence-corrected chi connectivity index (χ0v) is 6.51. The molecule has 0 amide bonds. The van der Waals surface area contributed by atoms with Gasteiger partial charge < -0.3 is 5.11 Å². The quantitative estimate of drug-likeness (QED) is 0.534. The van der Waals surface area contributed by atoms with Gasteiger partial charge in [-0.25, -0.2) is 0 Å². The predicted octanol–water partition coefficient (Wildman–Crippen LogP) is 0.605. The van der Waals surface area contributed by atoms with Crippen LogP contribution in [-0.4, -0.2) is 34.7 Å². The fourth-order valence-electron chi connectivity index (χ4n) is 2.33. The number of nitrogens with zero attached hydrogens (tertiary/aromatic N) is 1. The minimum Gasteiger partial charge on any atom is -0.388 e. The molecule has 10 heavy (non-hydrogen) atoms. The summed E-state index contributed by atoms with van der Waals surface area (Å²) in [6, 6.07) is 0.479. The van der Waals surface area contributed by atoms with E-state index in [0.717, 1.165) is 13.0 Å². The first-order valence-corrected chi connectivity index (χ1v) is 4.16. The van der Waals surface area contributed by atoms with Gasteiger partial charge in [-0.1, -0.05) is 0 Å². The number of fused-ring (bicyclic) bond motifs is 1. The third kappa shape index (κ3) is 0.789. The molecular weight excluding hydrogens is 126 g/mol. The molecule has 0 aromatic heterocycles. The molecule has 0 spiro atoms. The molecule has 2 fully saturated rings. The van der Waals surface area contributed by atoms with Gasteiger partial charge in [0.25, 0.3) is 0 Å². The Balaban J connectivity index is 2.16. The monoisotopic (exact) mass is 141 g/mol. The molecule has 2 heterocycles. The maximum Gasteiger partial charge on any atom is 0.0786 e. The Labute approximate surface area is 61.8 Å². The highest BCUT2D eigenvalue weighted by Crippen LogP contribution is 2.35. The van der Waals surface area contributed by atoms with Crippen molar-refractivity contribution in [2.75, 3.05) is 13.1 Å². The van der Waals surface area contributed by atoms with Crippen LogP contribution in [0.3, 0.4) is 0 Å². The van der Waals surface area contributed by atoms with Crippen molar-refractivity contribution in [2.45, 2.75) is 37.8 Å². The van der Waals surface area contributed by atoms with Crippen LogP contribution in [0, 0.1) is 0 Å². The Morgan fingerprint density at radius 3 is 3.00 bits per heavy atom. The molecule has 1 N–H and O–H groups in total. The first kappa shape index (κ1) is 6.62. The van der Waals surface area contributed by atoms with Crippen molar-refractivity contribution in [1.82, 2.24) is 4.90 Å². The lowest BCUT2D eigenvalue weighted by Gasteiger charge is -2.24. The van der Waals surface area contributed by atoms with Crippen LogP contribution in [0.15, 0.2) is 0 Å². The molecule has 2 saturated heterocycles. The fourth-order valence-corrected chi connectivity index (χ4v) is 2.33. The number of rotatable bonds is 0. The second kappa shape index (κ2) is 1.95. The van der Waals surface area contributed by atoms with Crippen molar-refractivity contribution in [3.8, 4) is 0 Å². The minimum atomic E-state index is -0.378. The first-order valence-electron chi connectivity index (χ1n) is 4.16.